The van der Waals surface area contributed by atoms with Crippen LogP contribution in [-0.4, -0.2) is 39.1 Å². The smallest absolute Gasteiger partial charge is 0.356 e. The number of nitrogens with zero attached hydrogens (tertiary/aromatic N) is 2. The summed E-state index contributed by atoms with van der Waals surface area (Å²) in [5.74, 6) is -1.27. The lowest BCUT2D eigenvalue weighted by molar-refractivity contribution is -0.123. The lowest BCUT2D eigenvalue weighted by Crippen LogP contribution is -2.32. The number of nitrogens with two attached hydrogens (primary N) is 1. The first-order valence-corrected chi connectivity index (χ1v) is 6.03. The average molecular weight is 264 g/mol. The zero-order chi connectivity index (χ0) is 13.8. The van der Waals surface area contributed by atoms with Gasteiger partial charge in [-0.05, 0) is 6.42 Å². The number of aromatic nitrogens is 2. The van der Waals surface area contributed by atoms with Crippen molar-refractivity contribution >= 4 is 11.9 Å². The van der Waals surface area contributed by atoms with E-state index in [2.05, 4.69) is 10.3 Å². The number of amides is 1. The molecule has 0 saturated heterocycles. The molecule has 0 spiro atoms. The highest BCUT2D eigenvalue weighted by molar-refractivity contribution is 5.84. The number of carboxylic acids is 1. The second kappa shape index (κ2) is 5.66. The SMILES string of the molecule is NC1C=CC(C(=O)NCCn2cnc(C(=O)O)c2)C1. The number of carbonyl (C=O) groups is 2. The molecule has 0 saturated carbocycles. The standard InChI is InChI=1S/C12H16N4O3/c13-9-2-1-8(5-9)11(17)14-3-4-16-6-10(12(18)19)15-7-16/h1-2,6-9H,3-5,13H2,(H,14,17)(H,18,19). The zero-order valence-corrected chi connectivity index (χ0v) is 10.3. The van der Waals surface area contributed by atoms with Gasteiger partial charge in [0.2, 0.25) is 5.91 Å². The molecule has 19 heavy (non-hydrogen) atoms. The van der Waals surface area contributed by atoms with E-state index in [0.29, 0.717) is 19.5 Å². The molecule has 0 radical (unpaired) electrons. The van der Waals surface area contributed by atoms with Crippen LogP contribution in [0.4, 0.5) is 0 Å². The quantitative estimate of drug-likeness (QED) is 0.627. The average Bonchev–Trinajstić information content (AvgIpc) is 2.98. The van der Waals surface area contributed by atoms with Crippen LogP contribution in [0.15, 0.2) is 24.7 Å². The molecule has 4 N–H and O–H groups in total. The molecular weight excluding hydrogens is 248 g/mol. The number of hydrogen-bond acceptors (Lipinski definition) is 4. The normalized spacial score (nSPS) is 21.5. The van der Waals surface area contributed by atoms with Crippen molar-refractivity contribution in [2.75, 3.05) is 6.54 Å². The van der Waals surface area contributed by atoms with Crippen molar-refractivity contribution in [1.29, 1.82) is 0 Å². The minimum Gasteiger partial charge on any atom is -0.476 e. The van der Waals surface area contributed by atoms with Gasteiger partial charge >= 0.3 is 5.97 Å². The fraction of sp³-hybridized carbons (Fsp3) is 0.417. The molecule has 1 heterocycles. The van der Waals surface area contributed by atoms with E-state index in [1.807, 2.05) is 12.2 Å². The number of rotatable bonds is 5. The van der Waals surface area contributed by atoms with Gasteiger partial charge in [0.1, 0.15) is 0 Å². The molecule has 0 bridgehead atoms. The Morgan fingerprint density at radius 2 is 2.32 bits per heavy atom. The Balaban J connectivity index is 1.75. The van der Waals surface area contributed by atoms with Crippen molar-refractivity contribution in [2.45, 2.75) is 19.0 Å². The van der Waals surface area contributed by atoms with Gasteiger partial charge in [0.15, 0.2) is 5.69 Å². The van der Waals surface area contributed by atoms with Gasteiger partial charge < -0.3 is 20.7 Å². The summed E-state index contributed by atoms with van der Waals surface area (Å²) in [5.41, 5.74) is 5.68. The molecule has 1 aliphatic carbocycles. The van der Waals surface area contributed by atoms with Crippen LogP contribution in [0.3, 0.4) is 0 Å². The summed E-state index contributed by atoms with van der Waals surface area (Å²) in [4.78, 5) is 26.1. The second-order valence-corrected chi connectivity index (χ2v) is 4.48. The minimum atomic E-state index is -1.06. The van der Waals surface area contributed by atoms with Gasteiger partial charge in [-0.25, -0.2) is 9.78 Å². The van der Waals surface area contributed by atoms with Crippen molar-refractivity contribution in [3.63, 3.8) is 0 Å². The first-order valence-electron chi connectivity index (χ1n) is 6.03. The van der Waals surface area contributed by atoms with Crippen LogP contribution in [0.2, 0.25) is 0 Å². The molecule has 0 aliphatic heterocycles. The first-order chi connectivity index (χ1) is 9.06. The highest BCUT2D eigenvalue weighted by Gasteiger charge is 2.22. The highest BCUT2D eigenvalue weighted by atomic mass is 16.4. The number of aromatic carboxylic acids is 1. The lowest BCUT2D eigenvalue weighted by atomic mass is 10.1. The lowest BCUT2D eigenvalue weighted by Gasteiger charge is -2.10. The Labute approximate surface area is 110 Å². The molecule has 102 valence electrons. The summed E-state index contributed by atoms with van der Waals surface area (Å²) < 4.78 is 1.62. The minimum absolute atomic E-state index is 0.00368. The molecule has 2 unspecified atom stereocenters. The Morgan fingerprint density at radius 1 is 1.53 bits per heavy atom. The van der Waals surface area contributed by atoms with Crippen molar-refractivity contribution in [1.82, 2.24) is 14.9 Å². The van der Waals surface area contributed by atoms with Gasteiger partial charge in [-0.1, -0.05) is 12.2 Å². The monoisotopic (exact) mass is 264 g/mol. The third-order valence-corrected chi connectivity index (χ3v) is 2.98. The van der Waals surface area contributed by atoms with E-state index >= 15 is 0 Å². The fourth-order valence-electron chi connectivity index (χ4n) is 1.95. The zero-order valence-electron chi connectivity index (χ0n) is 10.3. The maximum Gasteiger partial charge on any atom is 0.356 e. The van der Waals surface area contributed by atoms with Gasteiger partial charge in [0.25, 0.3) is 0 Å². The molecule has 2 rings (SSSR count). The van der Waals surface area contributed by atoms with Crippen LogP contribution < -0.4 is 11.1 Å². The predicted octanol–water partition coefficient (Wildman–Crippen LogP) is -0.399. The topological polar surface area (TPSA) is 110 Å². The molecule has 7 heteroatoms. The molecule has 1 aromatic heterocycles. The van der Waals surface area contributed by atoms with Crippen LogP contribution in [0.5, 0.6) is 0 Å². The van der Waals surface area contributed by atoms with Crippen LogP contribution in [0.1, 0.15) is 16.9 Å². The molecule has 1 aliphatic rings. The summed E-state index contributed by atoms with van der Waals surface area (Å²) in [6, 6.07) is -0.0393. The van der Waals surface area contributed by atoms with E-state index in [1.165, 1.54) is 12.5 Å². The molecular formula is C12H16N4O3. The number of nitrogens with one attached hydrogen (secondary N) is 1. The molecule has 1 aromatic rings. The van der Waals surface area contributed by atoms with Crippen molar-refractivity contribution in [3.05, 3.63) is 30.4 Å². The third kappa shape index (κ3) is 3.41. The Bertz CT molecular complexity index is 509. The van der Waals surface area contributed by atoms with Gasteiger partial charge in [0.05, 0.1) is 12.2 Å². The maximum atomic E-state index is 11.8. The number of carboxylic acid groups (broad SMARTS) is 1. The number of imidazole rings is 1. The maximum absolute atomic E-state index is 11.8. The van der Waals surface area contributed by atoms with Gasteiger partial charge in [0, 0.05) is 25.3 Å². The van der Waals surface area contributed by atoms with E-state index in [4.69, 9.17) is 10.8 Å². The Kier molecular flexibility index (Phi) is 3.96. The van der Waals surface area contributed by atoms with E-state index < -0.39 is 5.97 Å². The molecule has 1 amide bonds. The van der Waals surface area contributed by atoms with Crippen LogP contribution in [0.25, 0.3) is 0 Å². The number of hydrogen-bond donors (Lipinski definition) is 3. The Hall–Kier alpha value is -2.15. The van der Waals surface area contributed by atoms with Crippen LogP contribution >= 0.6 is 0 Å². The summed E-state index contributed by atoms with van der Waals surface area (Å²) in [7, 11) is 0. The van der Waals surface area contributed by atoms with Crippen LogP contribution in [-0.2, 0) is 11.3 Å². The van der Waals surface area contributed by atoms with Gasteiger partial charge in [-0.3, -0.25) is 4.79 Å². The largest absolute Gasteiger partial charge is 0.476 e. The van der Waals surface area contributed by atoms with Crippen molar-refractivity contribution in [2.24, 2.45) is 11.7 Å². The summed E-state index contributed by atoms with van der Waals surface area (Å²) >= 11 is 0. The summed E-state index contributed by atoms with van der Waals surface area (Å²) in [6.45, 7) is 0.905. The molecule has 7 nitrogen and oxygen atoms in total. The predicted molar refractivity (Wildman–Crippen MR) is 67.4 cm³/mol. The van der Waals surface area contributed by atoms with Crippen LogP contribution in [0, 0.1) is 5.92 Å². The van der Waals surface area contributed by atoms with Crippen molar-refractivity contribution in [3.8, 4) is 0 Å². The number of carbonyl (C=O) groups excluding carboxylic acids is 1. The Morgan fingerprint density at radius 3 is 2.89 bits per heavy atom. The van der Waals surface area contributed by atoms with E-state index in [9.17, 15) is 9.59 Å². The van der Waals surface area contributed by atoms with E-state index in [-0.39, 0.29) is 23.6 Å². The fourth-order valence-corrected chi connectivity index (χ4v) is 1.95. The third-order valence-electron chi connectivity index (χ3n) is 2.98. The molecule has 0 aromatic carbocycles. The highest BCUT2D eigenvalue weighted by Crippen LogP contribution is 2.15. The molecule has 0 fully saturated rings. The summed E-state index contributed by atoms with van der Waals surface area (Å²) in [6.07, 6.45) is 7.15. The van der Waals surface area contributed by atoms with Gasteiger partial charge in [-0.2, -0.15) is 0 Å². The first kappa shape index (κ1) is 13.3. The summed E-state index contributed by atoms with van der Waals surface area (Å²) in [5, 5.41) is 11.5. The molecule has 2 atom stereocenters. The van der Waals surface area contributed by atoms with Gasteiger partial charge in [-0.15, -0.1) is 0 Å². The second-order valence-electron chi connectivity index (χ2n) is 4.48. The van der Waals surface area contributed by atoms with Crippen molar-refractivity contribution < 1.29 is 14.7 Å². The van der Waals surface area contributed by atoms with E-state index in [0.717, 1.165) is 0 Å². The van der Waals surface area contributed by atoms with E-state index in [1.54, 1.807) is 4.57 Å².